The van der Waals surface area contributed by atoms with Crippen LogP contribution in [0.25, 0.3) is 0 Å². The third-order valence-electron chi connectivity index (χ3n) is 2.15. The Balaban J connectivity index is 2.14. The Morgan fingerprint density at radius 1 is 1.67 bits per heavy atom. The second-order valence-corrected chi connectivity index (χ2v) is 4.34. The summed E-state index contributed by atoms with van der Waals surface area (Å²) >= 11 is 1.33. The molecule has 0 bridgehead atoms. The average Bonchev–Trinajstić information content (AvgIpc) is 2.66. The number of anilines is 1. The number of thiazole rings is 1. The summed E-state index contributed by atoms with van der Waals surface area (Å²) in [5.74, 6) is 0.0148. The van der Waals surface area contributed by atoms with E-state index in [0.717, 1.165) is 11.7 Å². The van der Waals surface area contributed by atoms with Crippen LogP contribution in [-0.2, 0) is 4.79 Å². The molecule has 0 aromatic carbocycles. The van der Waals surface area contributed by atoms with Crippen LogP contribution < -0.4 is 10.2 Å². The van der Waals surface area contributed by atoms with E-state index >= 15 is 0 Å². The minimum atomic E-state index is 0.000764. The summed E-state index contributed by atoms with van der Waals surface area (Å²) in [6.07, 6.45) is 1.56. The van der Waals surface area contributed by atoms with E-state index in [0.29, 0.717) is 18.0 Å². The van der Waals surface area contributed by atoms with Gasteiger partial charge in [-0.15, -0.1) is 0 Å². The van der Waals surface area contributed by atoms with Gasteiger partial charge in [0, 0.05) is 20.0 Å². The van der Waals surface area contributed by atoms with Crippen molar-refractivity contribution in [2.24, 2.45) is 0 Å². The van der Waals surface area contributed by atoms with Crippen LogP contribution in [0.5, 0.6) is 0 Å². The van der Waals surface area contributed by atoms with Gasteiger partial charge in [-0.3, -0.25) is 9.59 Å². The predicted octanol–water partition coefficient (Wildman–Crippen LogP) is 0.282. The molecule has 1 aliphatic heterocycles. The number of nitrogens with one attached hydrogen (secondary N) is 1. The van der Waals surface area contributed by atoms with Crippen molar-refractivity contribution in [2.45, 2.75) is 6.92 Å². The largest absolute Gasteiger partial charge is 0.353 e. The van der Waals surface area contributed by atoms with Crippen molar-refractivity contribution in [3.63, 3.8) is 0 Å². The third kappa shape index (κ3) is 2.15. The highest BCUT2D eigenvalue weighted by Crippen LogP contribution is 2.22. The van der Waals surface area contributed by atoms with Crippen molar-refractivity contribution in [2.75, 3.05) is 24.5 Å². The molecule has 1 aromatic heterocycles. The van der Waals surface area contributed by atoms with Gasteiger partial charge < -0.3 is 10.2 Å². The summed E-state index contributed by atoms with van der Waals surface area (Å²) in [5.41, 5.74) is 0. The zero-order valence-corrected chi connectivity index (χ0v) is 9.13. The molecule has 1 aliphatic rings. The number of aromatic nitrogens is 1. The number of amides is 1. The highest BCUT2D eigenvalue weighted by Gasteiger charge is 2.19. The zero-order valence-electron chi connectivity index (χ0n) is 8.32. The van der Waals surface area contributed by atoms with Gasteiger partial charge in [0.1, 0.15) is 0 Å². The first-order valence-corrected chi connectivity index (χ1v) is 5.47. The van der Waals surface area contributed by atoms with E-state index in [1.807, 2.05) is 4.90 Å². The molecule has 1 N–H and O–H groups in total. The fourth-order valence-electron chi connectivity index (χ4n) is 1.38. The molecule has 0 atom stereocenters. The van der Waals surface area contributed by atoms with Crippen molar-refractivity contribution in [1.29, 1.82) is 0 Å². The third-order valence-corrected chi connectivity index (χ3v) is 3.31. The van der Waals surface area contributed by atoms with Crippen molar-refractivity contribution < 1.29 is 9.59 Å². The Morgan fingerprint density at radius 2 is 2.47 bits per heavy atom. The second kappa shape index (κ2) is 3.98. The Labute approximate surface area is 91.1 Å². The SMILES string of the molecule is CC(=O)c1cnc(N2CCNC(=O)C2)s1. The molecule has 2 heterocycles. The van der Waals surface area contributed by atoms with Crippen molar-refractivity contribution in [1.82, 2.24) is 10.3 Å². The predicted molar refractivity (Wildman–Crippen MR) is 57.3 cm³/mol. The number of hydrogen-bond acceptors (Lipinski definition) is 5. The molecule has 80 valence electrons. The number of carbonyl (C=O) groups is 2. The van der Waals surface area contributed by atoms with Gasteiger partial charge in [0.05, 0.1) is 17.6 Å². The maximum atomic E-state index is 11.1. The van der Waals surface area contributed by atoms with Crippen molar-refractivity contribution in [3.05, 3.63) is 11.1 Å². The van der Waals surface area contributed by atoms with Crippen LogP contribution in [0.1, 0.15) is 16.6 Å². The molecular formula is C9H11N3O2S. The number of rotatable bonds is 2. The second-order valence-electron chi connectivity index (χ2n) is 3.33. The molecule has 15 heavy (non-hydrogen) atoms. The summed E-state index contributed by atoms with van der Waals surface area (Å²) in [5, 5.41) is 3.49. The molecule has 0 unspecified atom stereocenters. The minimum absolute atomic E-state index is 0.000764. The number of ketones is 1. The molecule has 0 saturated carbocycles. The summed E-state index contributed by atoms with van der Waals surface area (Å²) in [6.45, 7) is 3.22. The summed E-state index contributed by atoms with van der Waals surface area (Å²) < 4.78 is 0. The Kier molecular flexibility index (Phi) is 2.68. The number of Topliss-reactive ketones (excluding diaryl/α,β-unsaturated/α-hetero) is 1. The lowest BCUT2D eigenvalue weighted by Gasteiger charge is -2.25. The van der Waals surface area contributed by atoms with Gasteiger partial charge >= 0.3 is 0 Å². The van der Waals surface area contributed by atoms with E-state index in [2.05, 4.69) is 10.3 Å². The van der Waals surface area contributed by atoms with Gasteiger partial charge in [-0.1, -0.05) is 11.3 Å². The number of piperazine rings is 1. The highest BCUT2D eigenvalue weighted by atomic mass is 32.1. The molecule has 1 amide bonds. The van der Waals surface area contributed by atoms with Crippen molar-refractivity contribution >= 4 is 28.2 Å². The van der Waals surface area contributed by atoms with E-state index in [1.165, 1.54) is 18.3 Å². The van der Waals surface area contributed by atoms with Gasteiger partial charge in [-0.05, 0) is 0 Å². The summed E-state index contributed by atoms with van der Waals surface area (Å²) in [4.78, 5) is 28.9. The standard InChI is InChI=1S/C9H11N3O2S/c1-6(13)7-4-11-9(15-7)12-3-2-10-8(14)5-12/h4H,2-3,5H2,1H3,(H,10,14). The van der Waals surface area contributed by atoms with Crippen LogP contribution in [0, 0.1) is 0 Å². The quantitative estimate of drug-likeness (QED) is 0.734. The topological polar surface area (TPSA) is 62.3 Å². The number of hydrogen-bond donors (Lipinski definition) is 1. The molecular weight excluding hydrogens is 214 g/mol. The molecule has 1 aromatic rings. The zero-order chi connectivity index (χ0) is 10.8. The molecule has 2 rings (SSSR count). The van der Waals surface area contributed by atoms with Crippen LogP contribution in [0.15, 0.2) is 6.20 Å². The van der Waals surface area contributed by atoms with Crippen LogP contribution in [0.4, 0.5) is 5.13 Å². The number of nitrogens with zero attached hydrogens (tertiary/aromatic N) is 2. The lowest BCUT2D eigenvalue weighted by atomic mass is 10.4. The van der Waals surface area contributed by atoms with E-state index < -0.39 is 0 Å². The molecule has 5 nitrogen and oxygen atoms in total. The van der Waals surface area contributed by atoms with E-state index in [4.69, 9.17) is 0 Å². The maximum Gasteiger partial charge on any atom is 0.239 e. The Morgan fingerprint density at radius 3 is 3.07 bits per heavy atom. The molecule has 0 spiro atoms. The van der Waals surface area contributed by atoms with Crippen LogP contribution >= 0.6 is 11.3 Å². The molecule has 0 radical (unpaired) electrons. The van der Waals surface area contributed by atoms with Gasteiger partial charge in [0.25, 0.3) is 0 Å². The minimum Gasteiger partial charge on any atom is -0.353 e. The average molecular weight is 225 g/mol. The summed E-state index contributed by atoms with van der Waals surface area (Å²) in [7, 11) is 0. The first-order valence-electron chi connectivity index (χ1n) is 4.65. The monoisotopic (exact) mass is 225 g/mol. The van der Waals surface area contributed by atoms with Gasteiger partial charge in [0.2, 0.25) is 5.91 Å². The Bertz CT molecular complexity index is 402. The molecule has 1 saturated heterocycles. The smallest absolute Gasteiger partial charge is 0.239 e. The first-order chi connectivity index (χ1) is 7.16. The van der Waals surface area contributed by atoms with Crippen LogP contribution in [0.2, 0.25) is 0 Å². The Hall–Kier alpha value is -1.43. The highest BCUT2D eigenvalue weighted by molar-refractivity contribution is 7.17. The fourth-order valence-corrected chi connectivity index (χ4v) is 2.21. The lowest BCUT2D eigenvalue weighted by molar-refractivity contribution is -0.120. The number of carbonyl (C=O) groups excluding carboxylic acids is 2. The normalized spacial score (nSPS) is 16.3. The van der Waals surface area contributed by atoms with E-state index in [9.17, 15) is 9.59 Å². The molecule has 1 fully saturated rings. The van der Waals surface area contributed by atoms with Gasteiger partial charge in [-0.25, -0.2) is 4.98 Å². The van der Waals surface area contributed by atoms with Gasteiger partial charge in [-0.2, -0.15) is 0 Å². The fraction of sp³-hybridized carbons (Fsp3) is 0.444. The van der Waals surface area contributed by atoms with Crippen molar-refractivity contribution in [3.8, 4) is 0 Å². The van der Waals surface area contributed by atoms with Gasteiger partial charge in [0.15, 0.2) is 10.9 Å². The van der Waals surface area contributed by atoms with E-state index in [-0.39, 0.29) is 11.7 Å². The molecule has 0 aliphatic carbocycles. The summed E-state index contributed by atoms with van der Waals surface area (Å²) in [6, 6.07) is 0. The van der Waals surface area contributed by atoms with Crippen LogP contribution in [-0.4, -0.2) is 36.3 Å². The van der Waals surface area contributed by atoms with Crippen LogP contribution in [0.3, 0.4) is 0 Å². The first kappa shape index (κ1) is 10.1. The lowest BCUT2D eigenvalue weighted by Crippen LogP contribution is -2.47. The van der Waals surface area contributed by atoms with E-state index in [1.54, 1.807) is 6.20 Å². The molecule has 6 heteroatoms. The maximum absolute atomic E-state index is 11.1.